The van der Waals surface area contributed by atoms with Gasteiger partial charge in [0.05, 0.1) is 12.6 Å². The van der Waals surface area contributed by atoms with Crippen molar-refractivity contribution in [2.24, 2.45) is 5.92 Å². The first kappa shape index (κ1) is 15.3. The molecule has 0 spiro atoms. The molecule has 1 fully saturated rings. The van der Waals surface area contributed by atoms with Crippen LogP contribution < -0.4 is 10.1 Å². The summed E-state index contributed by atoms with van der Waals surface area (Å²) in [6, 6.07) is 5.78. The first-order valence-corrected chi connectivity index (χ1v) is 8.30. The third-order valence-electron chi connectivity index (χ3n) is 4.36. The van der Waals surface area contributed by atoms with Gasteiger partial charge in [-0.1, -0.05) is 15.9 Å². The lowest BCUT2D eigenvalue weighted by atomic mass is 9.94. The van der Waals surface area contributed by atoms with E-state index in [9.17, 15) is 9.59 Å². The minimum atomic E-state index is -0.220. The van der Waals surface area contributed by atoms with Crippen molar-refractivity contribution in [1.29, 1.82) is 0 Å². The van der Waals surface area contributed by atoms with Gasteiger partial charge in [-0.15, -0.1) is 0 Å². The topological polar surface area (TPSA) is 58.6 Å². The third-order valence-corrected chi connectivity index (χ3v) is 4.85. The molecule has 118 valence electrons. The number of likely N-dealkylation sites (tertiary alicyclic amines) is 1. The predicted molar refractivity (Wildman–Crippen MR) is 85.5 cm³/mol. The van der Waals surface area contributed by atoms with E-state index in [0.717, 1.165) is 28.6 Å². The summed E-state index contributed by atoms with van der Waals surface area (Å²) >= 11 is 3.46. The molecular weight excluding hydrogens is 348 g/mol. The van der Waals surface area contributed by atoms with E-state index in [1.165, 1.54) is 0 Å². The number of fused-ring (bicyclic) bond motifs is 1. The Balaban J connectivity index is 1.70. The highest BCUT2D eigenvalue weighted by atomic mass is 79.9. The number of carbonyl (C=O) groups excluding carboxylic acids is 2. The molecule has 0 radical (unpaired) electrons. The lowest BCUT2D eigenvalue weighted by molar-refractivity contribution is -0.139. The van der Waals surface area contributed by atoms with Gasteiger partial charge in [-0.3, -0.25) is 9.59 Å². The molecule has 0 aromatic heterocycles. The van der Waals surface area contributed by atoms with Crippen LogP contribution in [0, 0.1) is 5.92 Å². The second kappa shape index (κ2) is 6.28. The highest BCUT2D eigenvalue weighted by molar-refractivity contribution is 9.10. The maximum atomic E-state index is 12.5. The highest BCUT2D eigenvalue weighted by Crippen LogP contribution is 2.34. The molecule has 1 aromatic carbocycles. The first-order chi connectivity index (χ1) is 10.5. The van der Waals surface area contributed by atoms with Crippen molar-refractivity contribution in [1.82, 2.24) is 10.2 Å². The van der Waals surface area contributed by atoms with Crippen LogP contribution in [-0.4, -0.2) is 36.9 Å². The predicted octanol–water partition coefficient (Wildman–Crippen LogP) is 2.26. The van der Waals surface area contributed by atoms with E-state index < -0.39 is 0 Å². The van der Waals surface area contributed by atoms with Crippen LogP contribution in [0.3, 0.4) is 0 Å². The number of benzene rings is 1. The molecular formula is C16H19BrN2O3. The third kappa shape index (κ3) is 3.11. The number of piperidine rings is 1. The van der Waals surface area contributed by atoms with Crippen LogP contribution >= 0.6 is 15.9 Å². The Morgan fingerprint density at radius 2 is 2.23 bits per heavy atom. The van der Waals surface area contributed by atoms with Crippen LogP contribution in [0.1, 0.15) is 30.9 Å². The highest BCUT2D eigenvalue weighted by Gasteiger charge is 2.31. The fourth-order valence-corrected chi connectivity index (χ4v) is 3.35. The second-order valence-electron chi connectivity index (χ2n) is 5.89. The van der Waals surface area contributed by atoms with Crippen molar-refractivity contribution < 1.29 is 14.3 Å². The summed E-state index contributed by atoms with van der Waals surface area (Å²) in [5.41, 5.74) is 0.994. The van der Waals surface area contributed by atoms with E-state index in [1.54, 1.807) is 11.9 Å². The summed E-state index contributed by atoms with van der Waals surface area (Å²) in [5, 5.41) is 3.10. The molecule has 1 saturated heterocycles. The molecule has 0 saturated carbocycles. The van der Waals surface area contributed by atoms with Gasteiger partial charge < -0.3 is 15.0 Å². The average Bonchev–Trinajstić information content (AvgIpc) is 2.50. The van der Waals surface area contributed by atoms with Crippen LogP contribution in [0.25, 0.3) is 0 Å². The number of nitrogens with one attached hydrogen (secondary N) is 1. The lowest BCUT2D eigenvalue weighted by Crippen LogP contribution is -2.43. The molecule has 2 amide bonds. The van der Waals surface area contributed by atoms with Gasteiger partial charge in [-0.25, -0.2) is 0 Å². The Morgan fingerprint density at radius 3 is 3.00 bits per heavy atom. The molecule has 0 bridgehead atoms. The van der Waals surface area contributed by atoms with Crippen molar-refractivity contribution in [2.75, 3.05) is 20.2 Å². The molecule has 2 aliphatic rings. The fourth-order valence-electron chi connectivity index (χ4n) is 2.97. The Kier molecular flexibility index (Phi) is 4.38. The van der Waals surface area contributed by atoms with Crippen molar-refractivity contribution in [2.45, 2.75) is 25.3 Å². The normalized spacial score (nSPS) is 24.5. The van der Waals surface area contributed by atoms with Gasteiger partial charge >= 0.3 is 0 Å². The van der Waals surface area contributed by atoms with E-state index in [4.69, 9.17) is 4.74 Å². The number of ether oxygens (including phenoxy) is 1. The van der Waals surface area contributed by atoms with E-state index in [2.05, 4.69) is 21.2 Å². The summed E-state index contributed by atoms with van der Waals surface area (Å²) in [7, 11) is 1.78. The van der Waals surface area contributed by atoms with Gasteiger partial charge in [0.25, 0.3) is 0 Å². The zero-order valence-corrected chi connectivity index (χ0v) is 14.1. The van der Waals surface area contributed by atoms with Crippen LogP contribution in [0.5, 0.6) is 5.75 Å². The summed E-state index contributed by atoms with van der Waals surface area (Å²) in [6.45, 7) is 1.23. The number of nitrogens with zero attached hydrogens (tertiary/aromatic N) is 1. The van der Waals surface area contributed by atoms with E-state index in [0.29, 0.717) is 19.6 Å². The van der Waals surface area contributed by atoms with Crippen LogP contribution in [0.15, 0.2) is 22.7 Å². The van der Waals surface area contributed by atoms with Gasteiger partial charge in [0.1, 0.15) is 5.75 Å². The van der Waals surface area contributed by atoms with E-state index in [-0.39, 0.29) is 23.8 Å². The van der Waals surface area contributed by atoms with Crippen molar-refractivity contribution in [3.8, 4) is 5.75 Å². The van der Waals surface area contributed by atoms with E-state index in [1.807, 2.05) is 18.2 Å². The molecule has 3 rings (SSSR count). The summed E-state index contributed by atoms with van der Waals surface area (Å²) in [4.78, 5) is 25.9. The Labute approximate surface area is 138 Å². The minimum absolute atomic E-state index is 0.0284. The SMILES string of the molecule is CN1CCC(C(=O)NC2CCOc3ccc(Br)cc32)CC1=O. The molecule has 2 atom stereocenters. The minimum Gasteiger partial charge on any atom is -0.493 e. The van der Waals surface area contributed by atoms with Crippen LogP contribution in [0.4, 0.5) is 0 Å². The molecule has 0 aliphatic carbocycles. The summed E-state index contributed by atoms with van der Waals surface area (Å²) in [5.74, 6) is 0.613. The number of rotatable bonds is 2. The standard InChI is InChI=1S/C16H19BrN2O3/c1-19-6-4-10(8-15(19)20)16(21)18-13-5-7-22-14-3-2-11(17)9-12(13)14/h2-3,9-10,13H,4-8H2,1H3,(H,18,21). The van der Waals surface area contributed by atoms with Crippen LogP contribution in [0.2, 0.25) is 0 Å². The fraction of sp³-hybridized carbons (Fsp3) is 0.500. The van der Waals surface area contributed by atoms with Gasteiger partial charge in [-0.2, -0.15) is 0 Å². The molecule has 5 nitrogen and oxygen atoms in total. The quantitative estimate of drug-likeness (QED) is 0.873. The largest absolute Gasteiger partial charge is 0.493 e. The molecule has 6 heteroatoms. The van der Waals surface area contributed by atoms with E-state index >= 15 is 0 Å². The maximum Gasteiger partial charge on any atom is 0.224 e. The molecule has 22 heavy (non-hydrogen) atoms. The van der Waals surface area contributed by atoms with Crippen molar-refractivity contribution >= 4 is 27.7 Å². The van der Waals surface area contributed by atoms with Crippen molar-refractivity contribution in [3.63, 3.8) is 0 Å². The zero-order chi connectivity index (χ0) is 15.7. The Hall–Kier alpha value is -1.56. The molecule has 1 N–H and O–H groups in total. The second-order valence-corrected chi connectivity index (χ2v) is 6.80. The summed E-state index contributed by atoms with van der Waals surface area (Å²) in [6.07, 6.45) is 1.77. The summed E-state index contributed by atoms with van der Waals surface area (Å²) < 4.78 is 6.60. The van der Waals surface area contributed by atoms with Gasteiger partial charge in [-0.05, 0) is 24.6 Å². The Morgan fingerprint density at radius 1 is 1.41 bits per heavy atom. The van der Waals surface area contributed by atoms with Crippen molar-refractivity contribution in [3.05, 3.63) is 28.2 Å². The first-order valence-electron chi connectivity index (χ1n) is 7.51. The zero-order valence-electron chi connectivity index (χ0n) is 12.5. The molecule has 1 aromatic rings. The van der Waals surface area contributed by atoms with Gasteiger partial charge in [0.15, 0.2) is 0 Å². The Bertz CT molecular complexity index is 605. The number of hydrogen-bond donors (Lipinski definition) is 1. The maximum absolute atomic E-state index is 12.5. The number of halogens is 1. The number of carbonyl (C=O) groups is 2. The number of hydrogen-bond acceptors (Lipinski definition) is 3. The molecule has 2 unspecified atom stereocenters. The number of amides is 2. The van der Waals surface area contributed by atoms with Gasteiger partial charge in [0.2, 0.25) is 11.8 Å². The smallest absolute Gasteiger partial charge is 0.224 e. The average molecular weight is 367 g/mol. The molecule has 2 aliphatic heterocycles. The monoisotopic (exact) mass is 366 g/mol. The van der Waals surface area contributed by atoms with Crippen LogP contribution in [-0.2, 0) is 9.59 Å². The van der Waals surface area contributed by atoms with Gasteiger partial charge in [0, 0.05) is 42.4 Å². The lowest BCUT2D eigenvalue weighted by Gasteiger charge is -2.31. The molecule has 2 heterocycles.